The van der Waals surface area contributed by atoms with Gasteiger partial charge in [-0.1, -0.05) is 75.7 Å². The van der Waals surface area contributed by atoms with E-state index in [2.05, 4.69) is 26.0 Å². The molecule has 0 saturated carbocycles. The topological polar surface area (TPSA) is 60.8 Å². The molecule has 0 aromatic heterocycles. The van der Waals surface area contributed by atoms with Gasteiger partial charge in [-0.25, -0.2) is 9.24 Å². The van der Waals surface area contributed by atoms with Gasteiger partial charge in [-0.3, -0.25) is 0 Å². The Bertz CT molecular complexity index is 1060. The van der Waals surface area contributed by atoms with Crippen LogP contribution in [0.5, 0.6) is 0 Å². The first-order valence-corrected chi connectivity index (χ1v) is 12.1. The Labute approximate surface area is 179 Å². The normalized spacial score (nSPS) is 11.5. The molecule has 0 atom stereocenters. The summed E-state index contributed by atoms with van der Waals surface area (Å²) in [6.45, 7) is 6.23. The molecular formula is C25H30NO3P. The number of rotatable bonds is 8. The van der Waals surface area contributed by atoms with Crippen molar-refractivity contribution >= 4 is 19.1 Å². The van der Waals surface area contributed by atoms with Crippen molar-refractivity contribution in [1.29, 1.82) is 0 Å². The smallest absolute Gasteiger partial charge is 0.308 e. The van der Waals surface area contributed by atoms with E-state index in [-0.39, 0.29) is 0 Å². The van der Waals surface area contributed by atoms with E-state index >= 15 is 0 Å². The second-order valence-electron chi connectivity index (χ2n) is 7.42. The van der Waals surface area contributed by atoms with E-state index in [1.807, 2.05) is 55.5 Å². The second kappa shape index (κ2) is 9.61. The Kier molecular flexibility index (Phi) is 7.14. The Morgan fingerprint density at radius 1 is 0.767 bits per heavy atom. The van der Waals surface area contributed by atoms with Crippen molar-refractivity contribution in [2.75, 3.05) is 4.67 Å². The second-order valence-corrected chi connectivity index (χ2v) is 8.85. The van der Waals surface area contributed by atoms with Crippen molar-refractivity contribution in [3.8, 4) is 11.1 Å². The first kappa shape index (κ1) is 22.3. The van der Waals surface area contributed by atoms with E-state index in [1.165, 1.54) is 4.67 Å². The van der Waals surface area contributed by atoms with Gasteiger partial charge in [-0.2, -0.15) is 0 Å². The zero-order valence-corrected chi connectivity index (χ0v) is 18.8. The lowest BCUT2D eigenvalue weighted by Gasteiger charge is -2.30. The van der Waals surface area contributed by atoms with Crippen molar-refractivity contribution in [1.82, 2.24) is 0 Å². The van der Waals surface area contributed by atoms with Crippen molar-refractivity contribution in [2.24, 2.45) is 0 Å². The molecule has 0 radical (unpaired) electrons. The molecule has 5 heteroatoms. The van der Waals surface area contributed by atoms with Crippen molar-refractivity contribution in [3.63, 3.8) is 0 Å². The summed E-state index contributed by atoms with van der Waals surface area (Å²) in [4.78, 5) is 20.8. The predicted molar refractivity (Wildman–Crippen MR) is 125 cm³/mol. The van der Waals surface area contributed by atoms with E-state index in [9.17, 15) is 14.4 Å². The molecule has 0 amide bonds. The van der Waals surface area contributed by atoms with Crippen molar-refractivity contribution in [2.45, 2.75) is 46.5 Å². The largest absolute Gasteiger partial charge is 0.434 e. The molecule has 0 saturated heterocycles. The number of anilines is 2. The Hall–Kier alpha value is -2.39. The molecule has 3 aromatic carbocycles. The molecule has 0 bridgehead atoms. The molecule has 158 valence electrons. The van der Waals surface area contributed by atoms with Crippen LogP contribution in [-0.4, -0.2) is 9.79 Å². The monoisotopic (exact) mass is 423 g/mol. The molecular weight excluding hydrogens is 393 g/mol. The number of aryl methyl sites for hydroxylation is 3. The molecule has 30 heavy (non-hydrogen) atoms. The van der Waals surface area contributed by atoms with Gasteiger partial charge in [0.05, 0.1) is 11.4 Å². The van der Waals surface area contributed by atoms with Crippen molar-refractivity contribution < 1.29 is 14.4 Å². The van der Waals surface area contributed by atoms with E-state index in [1.54, 1.807) is 6.07 Å². The van der Waals surface area contributed by atoms with Crippen LogP contribution < -0.4 is 4.67 Å². The molecule has 0 heterocycles. The highest BCUT2D eigenvalue weighted by atomic mass is 31.2. The van der Waals surface area contributed by atoms with Crippen LogP contribution in [0.15, 0.2) is 66.7 Å². The molecule has 0 unspecified atom stereocenters. The predicted octanol–water partition coefficient (Wildman–Crippen LogP) is 6.66. The van der Waals surface area contributed by atoms with Gasteiger partial charge < -0.3 is 9.79 Å². The molecule has 0 spiro atoms. The number of benzene rings is 3. The zero-order valence-electron chi connectivity index (χ0n) is 17.9. The Morgan fingerprint density at radius 3 is 2.03 bits per heavy atom. The van der Waals surface area contributed by atoms with E-state index < -0.39 is 7.75 Å². The summed E-state index contributed by atoms with van der Waals surface area (Å²) in [5, 5.41) is 0. The summed E-state index contributed by atoms with van der Waals surface area (Å²) in [7, 11) is -4.63. The summed E-state index contributed by atoms with van der Waals surface area (Å²) in [5.74, 6) is 0. The fraction of sp³-hybridized carbons (Fsp3) is 0.280. The lowest BCUT2D eigenvalue weighted by Crippen LogP contribution is -2.16. The summed E-state index contributed by atoms with van der Waals surface area (Å²) in [6, 6.07) is 21.5. The number of para-hydroxylation sites is 1. The Morgan fingerprint density at radius 2 is 1.40 bits per heavy atom. The first-order valence-electron chi connectivity index (χ1n) is 10.6. The highest BCUT2D eigenvalue weighted by molar-refractivity contribution is 7.54. The van der Waals surface area contributed by atoms with Gasteiger partial charge >= 0.3 is 7.75 Å². The maximum atomic E-state index is 12.8. The summed E-state index contributed by atoms with van der Waals surface area (Å²) < 4.78 is 14.0. The van der Waals surface area contributed by atoms with Crippen LogP contribution in [0.3, 0.4) is 0 Å². The molecule has 0 aliphatic carbocycles. The van der Waals surface area contributed by atoms with Gasteiger partial charge in [-0.05, 0) is 59.7 Å². The molecule has 0 fully saturated rings. The molecule has 4 nitrogen and oxygen atoms in total. The fourth-order valence-electron chi connectivity index (χ4n) is 3.95. The van der Waals surface area contributed by atoms with Crippen LogP contribution in [0.2, 0.25) is 0 Å². The average Bonchev–Trinajstić information content (AvgIpc) is 2.74. The minimum Gasteiger partial charge on any atom is -0.308 e. The van der Waals surface area contributed by atoms with Gasteiger partial charge in [0.2, 0.25) is 0 Å². The number of nitrogens with zero attached hydrogens (tertiary/aromatic N) is 1. The summed E-state index contributed by atoms with van der Waals surface area (Å²) in [5.41, 5.74) is 6.16. The van der Waals surface area contributed by atoms with E-state index in [0.717, 1.165) is 47.1 Å². The van der Waals surface area contributed by atoms with Crippen LogP contribution in [0.4, 0.5) is 11.4 Å². The lowest BCUT2D eigenvalue weighted by molar-refractivity contribution is 0.373. The van der Waals surface area contributed by atoms with E-state index in [0.29, 0.717) is 17.8 Å². The molecule has 0 aliphatic heterocycles. The maximum absolute atomic E-state index is 12.8. The Balaban J connectivity index is 2.33. The van der Waals surface area contributed by atoms with Gasteiger partial charge in [0.15, 0.2) is 0 Å². The summed E-state index contributed by atoms with van der Waals surface area (Å²) in [6.07, 6.45) is 3.45. The maximum Gasteiger partial charge on any atom is 0.434 e. The van der Waals surface area contributed by atoms with Crippen LogP contribution in [0.25, 0.3) is 11.1 Å². The van der Waals surface area contributed by atoms with Crippen molar-refractivity contribution in [3.05, 3.63) is 83.4 Å². The highest BCUT2D eigenvalue weighted by Gasteiger charge is 2.31. The highest BCUT2D eigenvalue weighted by Crippen LogP contribution is 2.53. The molecule has 0 aliphatic rings. The van der Waals surface area contributed by atoms with Crippen LogP contribution in [-0.2, 0) is 23.8 Å². The van der Waals surface area contributed by atoms with Crippen LogP contribution in [0.1, 0.15) is 43.9 Å². The van der Waals surface area contributed by atoms with Gasteiger partial charge in [0.1, 0.15) is 0 Å². The SMILES string of the molecule is CCCc1ccc(N(c2ccccc2CC)P(=O)(O)O)c(-c2ccccc2CC)c1. The minimum absolute atomic E-state index is 0.532. The third kappa shape index (κ3) is 4.67. The third-order valence-corrected chi connectivity index (χ3v) is 6.33. The quantitative estimate of drug-likeness (QED) is 0.398. The fourth-order valence-corrected chi connectivity index (χ4v) is 4.88. The van der Waals surface area contributed by atoms with Gasteiger partial charge in [0, 0.05) is 5.56 Å². The number of hydrogen-bond donors (Lipinski definition) is 2. The first-order chi connectivity index (χ1) is 14.4. The van der Waals surface area contributed by atoms with Crippen LogP contribution >= 0.6 is 7.75 Å². The molecule has 3 rings (SSSR count). The number of hydrogen-bond acceptors (Lipinski definition) is 1. The van der Waals surface area contributed by atoms with Crippen LogP contribution in [0, 0.1) is 0 Å². The van der Waals surface area contributed by atoms with Gasteiger partial charge in [-0.15, -0.1) is 0 Å². The lowest BCUT2D eigenvalue weighted by atomic mass is 9.94. The zero-order chi connectivity index (χ0) is 21.7. The third-order valence-electron chi connectivity index (χ3n) is 5.38. The minimum atomic E-state index is -4.63. The average molecular weight is 423 g/mol. The summed E-state index contributed by atoms with van der Waals surface area (Å²) >= 11 is 0. The van der Waals surface area contributed by atoms with Gasteiger partial charge in [0.25, 0.3) is 0 Å². The molecule has 3 aromatic rings. The standard InChI is InChI=1S/C25H30NO3P/c1-4-11-19-16-17-25(23(18-19)22-14-9-7-12-20(22)5-2)26(30(27,28)29)24-15-10-8-13-21(24)6-3/h7-10,12-18H,4-6,11H2,1-3H3,(H2,27,28,29). The van der Waals surface area contributed by atoms with E-state index in [4.69, 9.17) is 0 Å². The molecule has 2 N–H and O–H groups in total.